The van der Waals surface area contributed by atoms with E-state index in [0.717, 1.165) is 24.1 Å². The van der Waals surface area contributed by atoms with Crippen molar-refractivity contribution in [3.8, 4) is 5.75 Å². The van der Waals surface area contributed by atoms with Crippen LogP contribution in [0.1, 0.15) is 36.2 Å². The van der Waals surface area contributed by atoms with Crippen molar-refractivity contribution in [3.63, 3.8) is 0 Å². The van der Waals surface area contributed by atoms with Gasteiger partial charge >= 0.3 is 6.18 Å². The fourth-order valence-corrected chi connectivity index (χ4v) is 3.26. The molecule has 34 heavy (non-hydrogen) atoms. The minimum Gasteiger partial charge on any atom is -0.480 e. The summed E-state index contributed by atoms with van der Waals surface area (Å²) in [6.07, 6.45) is -8.18. The summed E-state index contributed by atoms with van der Waals surface area (Å²) in [7, 11) is 1.51. The molecule has 2 N–H and O–H groups in total. The molecule has 2 atom stereocenters. The van der Waals surface area contributed by atoms with E-state index in [4.69, 9.17) is 4.74 Å². The van der Waals surface area contributed by atoms with E-state index in [1.165, 1.54) is 31.0 Å². The number of hydrogen-bond donors (Lipinski definition) is 2. The van der Waals surface area contributed by atoms with Crippen molar-refractivity contribution >= 4 is 23.1 Å². The summed E-state index contributed by atoms with van der Waals surface area (Å²) in [4.78, 5) is 14.2. The standard InChI is InChI=1S/C22H23F5N4O3/c1-5-18-29-31(21(33)30(18)4)16-10-17(34-12(3)22(25,26)27)13(9-15(16)24)20(32)28-19-11(2)7-6-8-14(19)23/h6-10,12,21,33H,5H2,1-4H3,(H,28,32)/t12-,21-/m0/s1. The van der Waals surface area contributed by atoms with Crippen LogP contribution in [0.4, 0.5) is 33.3 Å². The molecule has 0 fully saturated rings. The van der Waals surface area contributed by atoms with Gasteiger partial charge in [-0.25, -0.2) is 13.8 Å². The lowest BCUT2D eigenvalue weighted by Gasteiger charge is -2.26. The number of aliphatic hydroxyl groups is 1. The van der Waals surface area contributed by atoms with Gasteiger partial charge in [0, 0.05) is 19.5 Å². The topological polar surface area (TPSA) is 77.4 Å². The molecule has 1 amide bonds. The Morgan fingerprint density at radius 2 is 1.94 bits per heavy atom. The van der Waals surface area contributed by atoms with Gasteiger partial charge in [0.1, 0.15) is 28.9 Å². The smallest absolute Gasteiger partial charge is 0.425 e. The zero-order valence-corrected chi connectivity index (χ0v) is 18.7. The zero-order valence-electron chi connectivity index (χ0n) is 18.7. The quantitative estimate of drug-likeness (QED) is 0.584. The Kier molecular flexibility index (Phi) is 7.01. The van der Waals surface area contributed by atoms with Crippen molar-refractivity contribution in [1.29, 1.82) is 0 Å². The highest BCUT2D eigenvalue weighted by atomic mass is 19.4. The molecule has 184 valence electrons. The molecule has 0 spiro atoms. The number of nitrogens with one attached hydrogen (secondary N) is 1. The molecule has 0 aromatic heterocycles. The summed E-state index contributed by atoms with van der Waals surface area (Å²) < 4.78 is 73.8. The average molecular weight is 486 g/mol. The Morgan fingerprint density at radius 3 is 2.50 bits per heavy atom. The molecule has 7 nitrogen and oxygen atoms in total. The number of benzene rings is 2. The molecule has 3 rings (SSSR count). The van der Waals surface area contributed by atoms with E-state index in [1.54, 1.807) is 6.92 Å². The highest BCUT2D eigenvalue weighted by molar-refractivity contribution is 6.07. The van der Waals surface area contributed by atoms with Crippen molar-refractivity contribution < 1.29 is 36.6 Å². The first-order valence-electron chi connectivity index (χ1n) is 10.3. The molecule has 1 aliphatic rings. The number of hydrogen-bond acceptors (Lipinski definition) is 6. The number of para-hydroxylation sites is 1. The van der Waals surface area contributed by atoms with Crippen LogP contribution >= 0.6 is 0 Å². The van der Waals surface area contributed by atoms with E-state index in [1.807, 2.05) is 0 Å². The van der Waals surface area contributed by atoms with E-state index in [2.05, 4.69) is 10.4 Å². The summed E-state index contributed by atoms with van der Waals surface area (Å²) >= 11 is 0. The minimum atomic E-state index is -4.79. The van der Waals surface area contributed by atoms with Gasteiger partial charge in [0.15, 0.2) is 6.10 Å². The second-order valence-electron chi connectivity index (χ2n) is 7.66. The summed E-state index contributed by atoms with van der Waals surface area (Å²) in [6, 6.07) is 5.52. The number of aliphatic hydroxyl groups excluding tert-OH is 1. The predicted molar refractivity (Wildman–Crippen MR) is 116 cm³/mol. The maximum absolute atomic E-state index is 15.1. The Balaban J connectivity index is 2.07. The van der Waals surface area contributed by atoms with Crippen LogP contribution in [-0.2, 0) is 0 Å². The highest BCUT2D eigenvalue weighted by Gasteiger charge is 2.39. The van der Waals surface area contributed by atoms with Gasteiger partial charge in [-0.15, -0.1) is 0 Å². The van der Waals surface area contributed by atoms with Crippen molar-refractivity contribution in [2.45, 2.75) is 45.8 Å². The number of amidine groups is 1. The fourth-order valence-electron chi connectivity index (χ4n) is 3.26. The van der Waals surface area contributed by atoms with Gasteiger partial charge in [-0.1, -0.05) is 19.1 Å². The van der Waals surface area contributed by atoms with Crippen LogP contribution in [0, 0.1) is 18.6 Å². The lowest BCUT2D eigenvalue weighted by molar-refractivity contribution is -0.189. The van der Waals surface area contributed by atoms with Crippen LogP contribution in [0.25, 0.3) is 0 Å². The monoisotopic (exact) mass is 486 g/mol. The number of amides is 1. The van der Waals surface area contributed by atoms with Gasteiger partial charge in [-0.3, -0.25) is 4.79 Å². The Hall–Kier alpha value is -3.41. The molecule has 12 heteroatoms. The van der Waals surface area contributed by atoms with Gasteiger partial charge < -0.3 is 20.1 Å². The average Bonchev–Trinajstić information content (AvgIpc) is 3.04. The highest BCUT2D eigenvalue weighted by Crippen LogP contribution is 2.35. The number of anilines is 2. The molecule has 0 saturated carbocycles. The number of carbonyl (C=O) groups excluding carboxylic acids is 1. The number of aryl methyl sites for hydroxylation is 1. The largest absolute Gasteiger partial charge is 0.480 e. The Morgan fingerprint density at radius 1 is 1.26 bits per heavy atom. The SMILES string of the molecule is CCC1=NN(c2cc(O[C@@H](C)C(F)(F)F)c(C(=O)Nc3c(C)cccc3F)cc2F)[C@@H](O)N1C. The van der Waals surface area contributed by atoms with Crippen LogP contribution in [0.2, 0.25) is 0 Å². The molecular formula is C22H23F5N4O3. The number of halogens is 5. The third-order valence-electron chi connectivity index (χ3n) is 5.28. The van der Waals surface area contributed by atoms with Crippen LogP contribution in [-0.4, -0.2) is 47.4 Å². The third kappa shape index (κ3) is 4.91. The Bertz CT molecular complexity index is 1100. The normalized spacial score (nSPS) is 17.0. The second-order valence-corrected chi connectivity index (χ2v) is 7.66. The molecular weight excluding hydrogens is 463 g/mol. The predicted octanol–water partition coefficient (Wildman–Crippen LogP) is 4.61. The molecule has 0 saturated heterocycles. The van der Waals surface area contributed by atoms with Gasteiger partial charge in [-0.2, -0.15) is 18.3 Å². The molecule has 0 radical (unpaired) electrons. The Labute approximate surface area is 192 Å². The molecule has 0 unspecified atom stereocenters. The first-order valence-corrected chi connectivity index (χ1v) is 10.3. The first-order chi connectivity index (χ1) is 15.8. The summed E-state index contributed by atoms with van der Waals surface area (Å²) in [5, 5.41) is 17.6. The van der Waals surface area contributed by atoms with Crippen LogP contribution in [0.3, 0.4) is 0 Å². The maximum Gasteiger partial charge on any atom is 0.425 e. The van der Waals surface area contributed by atoms with E-state index >= 15 is 4.39 Å². The summed E-state index contributed by atoms with van der Waals surface area (Å²) in [6.45, 7) is 3.98. The third-order valence-corrected chi connectivity index (χ3v) is 5.28. The number of alkyl halides is 3. The summed E-state index contributed by atoms with van der Waals surface area (Å²) in [5.41, 5.74) is -0.866. The van der Waals surface area contributed by atoms with Gasteiger partial charge in [0.2, 0.25) is 6.35 Å². The van der Waals surface area contributed by atoms with E-state index in [9.17, 15) is 27.5 Å². The van der Waals surface area contributed by atoms with Crippen molar-refractivity contribution in [2.75, 3.05) is 17.4 Å². The summed E-state index contributed by atoms with van der Waals surface area (Å²) in [5.74, 6) is -3.14. The van der Waals surface area contributed by atoms with E-state index < -0.39 is 53.2 Å². The number of nitrogens with zero attached hydrogens (tertiary/aromatic N) is 3. The van der Waals surface area contributed by atoms with E-state index in [-0.39, 0.29) is 5.69 Å². The first kappa shape index (κ1) is 25.2. The van der Waals surface area contributed by atoms with Crippen LogP contribution in [0.15, 0.2) is 35.4 Å². The van der Waals surface area contributed by atoms with Crippen molar-refractivity contribution in [3.05, 3.63) is 53.1 Å². The fraction of sp³-hybridized carbons (Fsp3) is 0.364. The van der Waals surface area contributed by atoms with E-state index in [0.29, 0.717) is 23.9 Å². The minimum absolute atomic E-state index is 0.208. The lowest BCUT2D eigenvalue weighted by Crippen LogP contribution is -2.39. The van der Waals surface area contributed by atoms with Gasteiger partial charge in [0.25, 0.3) is 5.91 Å². The molecule has 0 aliphatic carbocycles. The number of rotatable bonds is 6. The number of hydrazone groups is 1. The van der Waals surface area contributed by atoms with Crippen molar-refractivity contribution in [2.24, 2.45) is 5.10 Å². The molecule has 0 bridgehead atoms. The van der Waals surface area contributed by atoms with Gasteiger partial charge in [0.05, 0.1) is 11.3 Å². The lowest BCUT2D eigenvalue weighted by atomic mass is 10.1. The van der Waals surface area contributed by atoms with Crippen LogP contribution < -0.4 is 15.1 Å². The van der Waals surface area contributed by atoms with Crippen LogP contribution in [0.5, 0.6) is 5.75 Å². The van der Waals surface area contributed by atoms with Gasteiger partial charge in [-0.05, 0) is 31.5 Å². The maximum atomic E-state index is 15.1. The molecule has 1 aliphatic heterocycles. The molecule has 1 heterocycles. The molecule has 2 aromatic carbocycles. The van der Waals surface area contributed by atoms with Crippen molar-refractivity contribution in [1.82, 2.24) is 4.90 Å². The second kappa shape index (κ2) is 9.45. The zero-order chi connectivity index (χ0) is 25.4. The number of ether oxygens (including phenoxy) is 1. The number of carbonyl (C=O) groups is 1. The molecule has 2 aromatic rings.